The first kappa shape index (κ1) is 26.2. The van der Waals surface area contributed by atoms with Crippen LogP contribution in [-0.4, -0.2) is 50.0 Å². The number of halogens is 1. The summed E-state index contributed by atoms with van der Waals surface area (Å²) in [4.78, 5) is 5.36. The molecule has 174 valence electrons. The molecule has 32 heavy (non-hydrogen) atoms. The molecule has 9 heteroatoms. The molecule has 0 saturated carbocycles. The first-order valence-corrected chi connectivity index (χ1v) is 11.0. The summed E-state index contributed by atoms with van der Waals surface area (Å²) in [6.45, 7) is 3.07. The van der Waals surface area contributed by atoms with E-state index < -0.39 is 12.2 Å². The molecule has 0 fully saturated rings. The minimum atomic E-state index is -0.791. The zero-order valence-corrected chi connectivity index (χ0v) is 21.5. The second kappa shape index (κ2) is 12.8. The lowest BCUT2D eigenvalue weighted by atomic mass is 10.1. The molecule has 1 heterocycles. The second-order valence-electron chi connectivity index (χ2n) is 6.96. The number of guanidine groups is 1. The van der Waals surface area contributed by atoms with Crippen molar-refractivity contribution in [2.75, 3.05) is 33.9 Å². The lowest BCUT2D eigenvalue weighted by molar-refractivity contribution is 0.179. The summed E-state index contributed by atoms with van der Waals surface area (Å²) >= 11 is 1.57. The zero-order chi connectivity index (χ0) is 22.2. The average molecular weight is 571 g/mol. The molecular formula is C23H30IN3O4S. The Morgan fingerprint density at radius 3 is 2.31 bits per heavy atom. The standard InChI is InChI=1S/C23H29N3O4S.HI/c1-4-24-23(25-13-19(27)16-9-17(29-2)12-18(10-16)30-3)26-14-20(28)22-11-15-7-5-6-8-21(15)31-22;/h5-12,19-20,27-28H,4,13-14H2,1-3H3,(H2,24,25,26);1H. The highest BCUT2D eigenvalue weighted by molar-refractivity contribution is 14.0. The molecule has 1 aromatic heterocycles. The van der Waals surface area contributed by atoms with Gasteiger partial charge >= 0.3 is 0 Å². The van der Waals surface area contributed by atoms with Crippen molar-refractivity contribution in [2.45, 2.75) is 19.1 Å². The number of rotatable bonds is 9. The number of methoxy groups -OCH3 is 2. The first-order valence-electron chi connectivity index (χ1n) is 10.1. The normalized spacial score (nSPS) is 13.2. The van der Waals surface area contributed by atoms with E-state index in [-0.39, 0.29) is 37.1 Å². The summed E-state index contributed by atoms with van der Waals surface area (Å²) in [6, 6.07) is 15.3. The Hall–Kier alpha value is -2.08. The first-order chi connectivity index (χ1) is 15.0. The van der Waals surface area contributed by atoms with E-state index in [1.54, 1.807) is 43.8 Å². The fourth-order valence-corrected chi connectivity index (χ4v) is 4.15. The van der Waals surface area contributed by atoms with Gasteiger partial charge in [0.2, 0.25) is 0 Å². The van der Waals surface area contributed by atoms with Crippen LogP contribution in [0.15, 0.2) is 53.5 Å². The summed E-state index contributed by atoms with van der Waals surface area (Å²) in [5.74, 6) is 1.75. The lowest BCUT2D eigenvalue weighted by Crippen LogP contribution is -2.39. The van der Waals surface area contributed by atoms with Crippen LogP contribution < -0.4 is 20.1 Å². The van der Waals surface area contributed by atoms with Gasteiger partial charge in [-0.15, -0.1) is 35.3 Å². The number of hydrogen-bond acceptors (Lipinski definition) is 6. The van der Waals surface area contributed by atoms with Crippen molar-refractivity contribution in [3.05, 3.63) is 59.0 Å². The van der Waals surface area contributed by atoms with E-state index in [4.69, 9.17) is 9.47 Å². The van der Waals surface area contributed by atoms with Crippen LogP contribution in [0.1, 0.15) is 29.6 Å². The molecule has 0 saturated heterocycles. The fourth-order valence-electron chi connectivity index (χ4n) is 3.11. The Balaban J connectivity index is 0.00000363. The summed E-state index contributed by atoms with van der Waals surface area (Å²) in [5, 5.41) is 28.6. The third kappa shape index (κ3) is 6.96. The number of fused-ring (bicyclic) bond motifs is 1. The largest absolute Gasteiger partial charge is 0.497 e. The van der Waals surface area contributed by atoms with Gasteiger partial charge in [0.05, 0.1) is 26.9 Å². The molecule has 0 aliphatic heterocycles. The maximum atomic E-state index is 10.6. The number of nitrogens with one attached hydrogen (secondary N) is 2. The molecule has 2 unspecified atom stereocenters. The maximum Gasteiger partial charge on any atom is 0.191 e. The highest BCUT2D eigenvalue weighted by Crippen LogP contribution is 2.30. The minimum absolute atomic E-state index is 0. The molecule has 0 bridgehead atoms. The van der Waals surface area contributed by atoms with Gasteiger partial charge < -0.3 is 30.3 Å². The van der Waals surface area contributed by atoms with Crippen molar-refractivity contribution < 1.29 is 19.7 Å². The number of thiophene rings is 1. The number of benzene rings is 2. The molecule has 0 aliphatic rings. The quantitative estimate of drug-likeness (QED) is 0.177. The van der Waals surface area contributed by atoms with Gasteiger partial charge in [0.15, 0.2) is 5.96 Å². The van der Waals surface area contributed by atoms with Crippen LogP contribution in [-0.2, 0) is 0 Å². The third-order valence-corrected chi connectivity index (χ3v) is 5.98. The zero-order valence-electron chi connectivity index (χ0n) is 18.4. The molecule has 7 nitrogen and oxygen atoms in total. The van der Waals surface area contributed by atoms with Gasteiger partial charge in [-0.3, -0.25) is 4.99 Å². The molecule has 2 atom stereocenters. The minimum Gasteiger partial charge on any atom is -0.497 e. The molecule has 3 rings (SSSR count). The van der Waals surface area contributed by atoms with Gasteiger partial charge in [-0.25, -0.2) is 0 Å². The Morgan fingerprint density at radius 2 is 1.69 bits per heavy atom. The van der Waals surface area contributed by atoms with Crippen molar-refractivity contribution in [1.29, 1.82) is 0 Å². The van der Waals surface area contributed by atoms with Crippen LogP contribution in [0.4, 0.5) is 0 Å². The lowest BCUT2D eigenvalue weighted by Gasteiger charge is -2.17. The van der Waals surface area contributed by atoms with E-state index >= 15 is 0 Å². The van der Waals surface area contributed by atoms with Crippen molar-refractivity contribution in [1.82, 2.24) is 10.6 Å². The predicted molar refractivity (Wildman–Crippen MR) is 141 cm³/mol. The Labute approximate surface area is 209 Å². The summed E-state index contributed by atoms with van der Waals surface area (Å²) in [5.41, 5.74) is 0.671. The molecular weight excluding hydrogens is 541 g/mol. The van der Waals surface area contributed by atoms with Crippen LogP contribution >= 0.6 is 35.3 Å². The van der Waals surface area contributed by atoms with Gasteiger partial charge in [-0.05, 0) is 42.1 Å². The van der Waals surface area contributed by atoms with E-state index in [1.807, 2.05) is 37.3 Å². The van der Waals surface area contributed by atoms with Crippen LogP contribution in [0.5, 0.6) is 11.5 Å². The predicted octanol–water partition coefficient (Wildman–Crippen LogP) is 3.86. The van der Waals surface area contributed by atoms with Crippen LogP contribution in [0.25, 0.3) is 10.1 Å². The van der Waals surface area contributed by atoms with E-state index in [1.165, 1.54) is 0 Å². The second-order valence-corrected chi connectivity index (χ2v) is 8.08. The number of aliphatic hydroxyl groups is 2. The highest BCUT2D eigenvalue weighted by atomic mass is 127. The number of nitrogens with zero attached hydrogens (tertiary/aromatic N) is 1. The topological polar surface area (TPSA) is 95.3 Å². The molecule has 0 radical (unpaired) electrons. The smallest absolute Gasteiger partial charge is 0.191 e. The van der Waals surface area contributed by atoms with Gasteiger partial charge in [0.1, 0.15) is 17.6 Å². The Kier molecular flexibility index (Phi) is 10.5. The third-order valence-electron chi connectivity index (χ3n) is 4.76. The van der Waals surface area contributed by atoms with Crippen molar-refractivity contribution in [2.24, 2.45) is 4.99 Å². The van der Waals surface area contributed by atoms with Gasteiger partial charge in [-0.1, -0.05) is 18.2 Å². The number of ether oxygens (including phenoxy) is 2. The molecule has 0 aliphatic carbocycles. The van der Waals surface area contributed by atoms with Gasteiger partial charge in [-0.2, -0.15) is 0 Å². The molecule has 4 N–H and O–H groups in total. The number of hydrogen-bond donors (Lipinski definition) is 4. The summed E-state index contributed by atoms with van der Waals surface area (Å²) in [7, 11) is 3.14. The Bertz CT molecular complexity index is 972. The number of aliphatic hydroxyl groups excluding tert-OH is 2. The van der Waals surface area contributed by atoms with Crippen molar-refractivity contribution >= 4 is 51.4 Å². The van der Waals surface area contributed by atoms with E-state index in [2.05, 4.69) is 15.6 Å². The van der Waals surface area contributed by atoms with Crippen molar-refractivity contribution in [3.63, 3.8) is 0 Å². The molecule has 0 amide bonds. The summed E-state index contributed by atoms with van der Waals surface area (Å²) < 4.78 is 11.7. The molecule has 0 spiro atoms. The Morgan fingerprint density at radius 1 is 1.00 bits per heavy atom. The van der Waals surface area contributed by atoms with Crippen molar-refractivity contribution in [3.8, 4) is 11.5 Å². The fraction of sp³-hybridized carbons (Fsp3) is 0.348. The monoisotopic (exact) mass is 571 g/mol. The summed E-state index contributed by atoms with van der Waals surface area (Å²) in [6.07, 6.45) is -1.49. The molecule has 2 aromatic carbocycles. The highest BCUT2D eigenvalue weighted by Gasteiger charge is 2.14. The van der Waals surface area contributed by atoms with E-state index in [0.29, 0.717) is 29.6 Å². The maximum absolute atomic E-state index is 10.6. The average Bonchev–Trinajstić information content (AvgIpc) is 3.24. The van der Waals surface area contributed by atoms with E-state index in [9.17, 15) is 10.2 Å². The van der Waals surface area contributed by atoms with Gasteiger partial charge in [0.25, 0.3) is 0 Å². The van der Waals surface area contributed by atoms with E-state index in [0.717, 1.165) is 15.0 Å². The van der Waals surface area contributed by atoms with Crippen LogP contribution in [0, 0.1) is 0 Å². The van der Waals surface area contributed by atoms with Gasteiger partial charge in [0, 0.05) is 28.7 Å². The van der Waals surface area contributed by atoms with Crippen LogP contribution in [0.3, 0.4) is 0 Å². The number of aliphatic imine (C=N–C) groups is 1. The SMILES string of the molecule is CCNC(=NCC(O)c1cc2ccccc2s1)NCC(O)c1cc(OC)cc(OC)c1.I. The molecule has 3 aromatic rings. The van der Waals surface area contributed by atoms with Crippen LogP contribution in [0.2, 0.25) is 0 Å².